The second kappa shape index (κ2) is 10.1. The number of aromatic nitrogens is 3. The van der Waals surface area contributed by atoms with Gasteiger partial charge in [-0.05, 0) is 37.5 Å². The predicted molar refractivity (Wildman–Crippen MR) is 116 cm³/mol. The normalized spacial score (nSPS) is 15.0. The molecular formula is C18H26ClIN6. The molecular weight excluding hydrogens is 463 g/mol. The molecule has 26 heavy (non-hydrogen) atoms. The molecule has 0 radical (unpaired) electrons. The topological polar surface area (TPSA) is 67.1 Å². The Hall–Kier alpha value is -1.35. The molecule has 2 N–H and O–H groups in total. The highest BCUT2D eigenvalue weighted by atomic mass is 127. The molecule has 0 atom stereocenters. The fourth-order valence-corrected chi connectivity index (χ4v) is 3.07. The summed E-state index contributed by atoms with van der Waals surface area (Å²) in [5.74, 6) is 2.62. The van der Waals surface area contributed by atoms with Gasteiger partial charge in [-0.15, -0.1) is 34.2 Å². The summed E-state index contributed by atoms with van der Waals surface area (Å²) >= 11 is 5.95. The lowest BCUT2D eigenvalue weighted by Crippen LogP contribution is -2.42. The summed E-state index contributed by atoms with van der Waals surface area (Å²) in [5, 5.41) is 16.0. The van der Waals surface area contributed by atoms with Crippen LogP contribution in [0.1, 0.15) is 42.9 Å². The van der Waals surface area contributed by atoms with Crippen LogP contribution >= 0.6 is 35.6 Å². The molecule has 142 valence electrons. The van der Waals surface area contributed by atoms with E-state index in [2.05, 4.69) is 20.8 Å². The Kier molecular flexibility index (Phi) is 8.15. The van der Waals surface area contributed by atoms with E-state index in [1.165, 1.54) is 25.7 Å². The first-order valence-corrected chi connectivity index (χ1v) is 9.14. The minimum Gasteiger partial charge on any atom is -0.354 e. The summed E-state index contributed by atoms with van der Waals surface area (Å²) < 4.78 is 1.99. The van der Waals surface area contributed by atoms with Crippen LogP contribution in [0.4, 0.5) is 0 Å². The number of hydrogen-bond donors (Lipinski definition) is 2. The first-order chi connectivity index (χ1) is 12.1. The number of aliphatic imine (C=N–C) groups is 1. The molecule has 0 bridgehead atoms. The van der Waals surface area contributed by atoms with Gasteiger partial charge < -0.3 is 15.2 Å². The van der Waals surface area contributed by atoms with Crippen molar-refractivity contribution in [2.24, 2.45) is 12.0 Å². The zero-order valence-corrected chi connectivity index (χ0v) is 18.3. The highest BCUT2D eigenvalue weighted by molar-refractivity contribution is 14.0. The van der Waals surface area contributed by atoms with Crippen LogP contribution in [0.15, 0.2) is 29.3 Å². The molecule has 1 aliphatic rings. The predicted octanol–water partition coefficient (Wildman–Crippen LogP) is 3.57. The van der Waals surface area contributed by atoms with Crippen molar-refractivity contribution in [3.05, 3.63) is 46.5 Å². The molecule has 1 saturated carbocycles. The zero-order valence-electron chi connectivity index (χ0n) is 15.2. The van der Waals surface area contributed by atoms with Crippen LogP contribution in [-0.4, -0.2) is 26.8 Å². The molecule has 1 aromatic heterocycles. The molecule has 2 aromatic rings. The van der Waals surface area contributed by atoms with E-state index in [9.17, 15) is 0 Å². The van der Waals surface area contributed by atoms with E-state index >= 15 is 0 Å². The quantitative estimate of drug-likeness (QED) is 0.384. The van der Waals surface area contributed by atoms with Crippen LogP contribution in [0.5, 0.6) is 0 Å². The van der Waals surface area contributed by atoms with Gasteiger partial charge in [0.05, 0.1) is 13.1 Å². The van der Waals surface area contributed by atoms with Gasteiger partial charge in [0.1, 0.15) is 5.82 Å². The SMILES string of the molecule is Cc1nnc(CNC(=NCc2ccc(Cl)cc2)NC2CCCC2)n1C.I. The summed E-state index contributed by atoms with van der Waals surface area (Å²) in [4.78, 5) is 4.73. The van der Waals surface area contributed by atoms with Gasteiger partial charge in [0.25, 0.3) is 0 Å². The van der Waals surface area contributed by atoms with Gasteiger partial charge in [-0.1, -0.05) is 36.6 Å². The highest BCUT2D eigenvalue weighted by Crippen LogP contribution is 2.17. The van der Waals surface area contributed by atoms with Crippen LogP contribution in [-0.2, 0) is 20.1 Å². The Labute approximate surface area is 176 Å². The molecule has 1 heterocycles. The first-order valence-electron chi connectivity index (χ1n) is 8.76. The number of halogens is 2. The molecule has 0 aliphatic heterocycles. The van der Waals surface area contributed by atoms with Crippen molar-refractivity contribution in [3.63, 3.8) is 0 Å². The third-order valence-electron chi connectivity index (χ3n) is 4.63. The Morgan fingerprint density at radius 1 is 1.23 bits per heavy atom. The summed E-state index contributed by atoms with van der Waals surface area (Å²) in [7, 11) is 1.97. The van der Waals surface area contributed by atoms with Crippen LogP contribution < -0.4 is 10.6 Å². The number of rotatable bonds is 5. The second-order valence-corrected chi connectivity index (χ2v) is 6.93. The van der Waals surface area contributed by atoms with Crippen LogP contribution in [0.3, 0.4) is 0 Å². The molecule has 0 saturated heterocycles. The van der Waals surface area contributed by atoms with E-state index in [-0.39, 0.29) is 24.0 Å². The van der Waals surface area contributed by atoms with Crippen LogP contribution in [0, 0.1) is 6.92 Å². The largest absolute Gasteiger partial charge is 0.354 e. The van der Waals surface area contributed by atoms with E-state index in [0.29, 0.717) is 19.1 Å². The molecule has 3 rings (SSSR count). The third kappa shape index (κ3) is 5.84. The maximum absolute atomic E-state index is 5.95. The molecule has 1 fully saturated rings. The molecule has 0 amide bonds. The van der Waals surface area contributed by atoms with Gasteiger partial charge in [0, 0.05) is 18.1 Å². The number of nitrogens with one attached hydrogen (secondary N) is 2. The summed E-state index contributed by atoms with van der Waals surface area (Å²) in [6.07, 6.45) is 4.96. The van der Waals surface area contributed by atoms with Gasteiger partial charge >= 0.3 is 0 Å². The van der Waals surface area contributed by atoms with E-state index in [4.69, 9.17) is 16.6 Å². The molecule has 0 spiro atoms. The van der Waals surface area contributed by atoms with E-state index in [0.717, 1.165) is 28.2 Å². The molecule has 1 aromatic carbocycles. The van der Waals surface area contributed by atoms with Crippen LogP contribution in [0.2, 0.25) is 5.02 Å². The Balaban J connectivity index is 0.00000243. The smallest absolute Gasteiger partial charge is 0.192 e. The van der Waals surface area contributed by atoms with Crippen molar-refractivity contribution in [1.29, 1.82) is 0 Å². The first kappa shape index (κ1) is 21.0. The average Bonchev–Trinajstić information content (AvgIpc) is 3.23. The van der Waals surface area contributed by atoms with E-state index in [1.807, 2.05) is 42.8 Å². The second-order valence-electron chi connectivity index (χ2n) is 6.49. The molecule has 0 unspecified atom stereocenters. The number of hydrogen-bond acceptors (Lipinski definition) is 3. The van der Waals surface area contributed by atoms with Gasteiger partial charge in [0.2, 0.25) is 0 Å². The van der Waals surface area contributed by atoms with Crippen molar-refractivity contribution in [3.8, 4) is 0 Å². The minimum atomic E-state index is 0. The van der Waals surface area contributed by atoms with Gasteiger partial charge in [-0.25, -0.2) is 4.99 Å². The van der Waals surface area contributed by atoms with Crippen molar-refractivity contribution in [1.82, 2.24) is 25.4 Å². The lowest BCUT2D eigenvalue weighted by Gasteiger charge is -2.17. The van der Waals surface area contributed by atoms with Gasteiger partial charge in [-0.2, -0.15) is 0 Å². The summed E-state index contributed by atoms with van der Waals surface area (Å²) in [5.41, 5.74) is 1.13. The van der Waals surface area contributed by atoms with E-state index < -0.39 is 0 Å². The van der Waals surface area contributed by atoms with Crippen molar-refractivity contribution < 1.29 is 0 Å². The fraction of sp³-hybridized carbons (Fsp3) is 0.500. The number of nitrogens with zero attached hydrogens (tertiary/aromatic N) is 4. The van der Waals surface area contributed by atoms with Crippen molar-refractivity contribution in [2.75, 3.05) is 0 Å². The summed E-state index contributed by atoms with van der Waals surface area (Å²) in [6, 6.07) is 8.30. The van der Waals surface area contributed by atoms with Crippen molar-refractivity contribution in [2.45, 2.75) is 51.7 Å². The Morgan fingerprint density at radius 3 is 2.54 bits per heavy atom. The Morgan fingerprint density at radius 2 is 1.92 bits per heavy atom. The number of benzene rings is 1. The summed E-state index contributed by atoms with van der Waals surface area (Å²) in [6.45, 7) is 3.15. The molecule has 1 aliphatic carbocycles. The van der Waals surface area contributed by atoms with Crippen LogP contribution in [0.25, 0.3) is 0 Å². The number of aryl methyl sites for hydroxylation is 1. The third-order valence-corrected chi connectivity index (χ3v) is 4.88. The lowest BCUT2D eigenvalue weighted by atomic mass is 10.2. The average molecular weight is 489 g/mol. The highest BCUT2D eigenvalue weighted by Gasteiger charge is 2.16. The lowest BCUT2D eigenvalue weighted by molar-refractivity contribution is 0.606. The fourth-order valence-electron chi connectivity index (χ4n) is 2.94. The standard InChI is InChI=1S/C18H25ClN6.HI/c1-13-23-24-17(25(13)2)12-21-18(22-16-5-3-4-6-16)20-11-14-7-9-15(19)10-8-14;/h7-10,16H,3-6,11-12H2,1-2H3,(H2,20,21,22);1H. The maximum Gasteiger partial charge on any atom is 0.192 e. The zero-order chi connectivity index (χ0) is 17.6. The van der Waals surface area contributed by atoms with Crippen molar-refractivity contribution >= 4 is 41.5 Å². The maximum atomic E-state index is 5.95. The Bertz CT molecular complexity index is 722. The van der Waals surface area contributed by atoms with Gasteiger partial charge in [0.15, 0.2) is 11.8 Å². The molecule has 6 nitrogen and oxygen atoms in total. The van der Waals surface area contributed by atoms with E-state index in [1.54, 1.807) is 0 Å². The number of guanidine groups is 1. The van der Waals surface area contributed by atoms with Gasteiger partial charge in [-0.3, -0.25) is 0 Å². The monoisotopic (exact) mass is 488 g/mol. The minimum absolute atomic E-state index is 0. The molecule has 8 heteroatoms.